The molecule has 0 aromatic heterocycles. The first-order valence-corrected chi connectivity index (χ1v) is 7.59. The van der Waals surface area contributed by atoms with E-state index in [1.165, 1.54) is 11.1 Å². The Kier molecular flexibility index (Phi) is 7.58. The molecule has 1 aromatic rings. The molecule has 0 heterocycles. The Morgan fingerprint density at radius 2 is 1.68 bits per heavy atom. The van der Waals surface area contributed by atoms with E-state index in [1.807, 2.05) is 12.1 Å². The van der Waals surface area contributed by atoms with Gasteiger partial charge in [0, 0.05) is 11.6 Å². The van der Waals surface area contributed by atoms with Crippen molar-refractivity contribution in [2.45, 2.75) is 40.0 Å². The van der Waals surface area contributed by atoms with E-state index in [4.69, 9.17) is 14.2 Å². The number of rotatable bonds is 8. The minimum absolute atomic E-state index is 0.701. The second kappa shape index (κ2) is 9.19. The summed E-state index contributed by atoms with van der Waals surface area (Å²) in [6.45, 7) is 6.43. The zero-order valence-corrected chi connectivity index (χ0v) is 14.7. The van der Waals surface area contributed by atoms with E-state index in [0.29, 0.717) is 5.75 Å². The van der Waals surface area contributed by atoms with Crippen molar-refractivity contribution in [3.63, 3.8) is 0 Å². The Bertz CT molecular complexity index is 538. The molecular weight excluding hydrogens is 276 g/mol. The lowest BCUT2D eigenvalue weighted by atomic mass is 10.0. The van der Waals surface area contributed by atoms with Crippen LogP contribution in [-0.4, -0.2) is 21.3 Å². The summed E-state index contributed by atoms with van der Waals surface area (Å²) in [5.41, 5.74) is 3.81. The predicted octanol–water partition coefficient (Wildman–Crippen LogP) is 4.95. The first-order chi connectivity index (χ1) is 10.5. The molecular formula is C19H28O3. The third kappa shape index (κ3) is 5.47. The normalized spacial score (nSPS) is 11.1. The molecule has 1 aromatic carbocycles. The van der Waals surface area contributed by atoms with E-state index in [-0.39, 0.29) is 0 Å². The van der Waals surface area contributed by atoms with Gasteiger partial charge < -0.3 is 14.2 Å². The van der Waals surface area contributed by atoms with Crippen LogP contribution in [0.1, 0.15) is 39.2 Å². The molecule has 0 amide bonds. The molecule has 0 unspecified atom stereocenters. The van der Waals surface area contributed by atoms with Gasteiger partial charge in [0.25, 0.3) is 0 Å². The Labute approximate surface area is 134 Å². The van der Waals surface area contributed by atoms with Gasteiger partial charge in [-0.1, -0.05) is 23.3 Å². The standard InChI is InChI=1S/C19H28O3/c1-14(2)8-7-9-15(3)10-11-16-12-17(20-4)13-18(21-5)19(16)22-6/h8,10,12-13H,7,9,11H2,1-6H3/b15-10+. The van der Waals surface area contributed by atoms with Gasteiger partial charge in [-0.05, 0) is 46.1 Å². The Balaban J connectivity index is 2.89. The van der Waals surface area contributed by atoms with Gasteiger partial charge in [0.2, 0.25) is 0 Å². The second-order valence-corrected chi connectivity index (χ2v) is 5.60. The molecule has 0 fully saturated rings. The van der Waals surface area contributed by atoms with Gasteiger partial charge in [0.15, 0.2) is 11.5 Å². The summed E-state index contributed by atoms with van der Waals surface area (Å²) < 4.78 is 16.2. The summed E-state index contributed by atoms with van der Waals surface area (Å²) in [6, 6.07) is 3.84. The van der Waals surface area contributed by atoms with Crippen molar-refractivity contribution < 1.29 is 14.2 Å². The quantitative estimate of drug-likeness (QED) is 0.636. The maximum Gasteiger partial charge on any atom is 0.164 e. The molecule has 0 bridgehead atoms. The first kappa shape index (κ1) is 18.1. The molecule has 0 saturated heterocycles. The lowest BCUT2D eigenvalue weighted by Crippen LogP contribution is -1.97. The maximum atomic E-state index is 5.49. The zero-order valence-electron chi connectivity index (χ0n) is 14.7. The number of allylic oxidation sites excluding steroid dienone is 4. The van der Waals surface area contributed by atoms with Gasteiger partial charge in [-0.2, -0.15) is 0 Å². The van der Waals surface area contributed by atoms with Crippen molar-refractivity contribution in [3.8, 4) is 17.2 Å². The van der Waals surface area contributed by atoms with E-state index in [2.05, 4.69) is 32.9 Å². The van der Waals surface area contributed by atoms with Crippen molar-refractivity contribution in [3.05, 3.63) is 41.0 Å². The van der Waals surface area contributed by atoms with E-state index >= 15 is 0 Å². The van der Waals surface area contributed by atoms with Crippen LogP contribution in [0.25, 0.3) is 0 Å². The largest absolute Gasteiger partial charge is 0.497 e. The molecule has 0 N–H and O–H groups in total. The van der Waals surface area contributed by atoms with Crippen LogP contribution >= 0.6 is 0 Å². The fourth-order valence-electron chi connectivity index (χ4n) is 2.26. The lowest BCUT2D eigenvalue weighted by Gasteiger charge is -2.14. The van der Waals surface area contributed by atoms with Gasteiger partial charge in [-0.3, -0.25) is 0 Å². The van der Waals surface area contributed by atoms with Crippen LogP contribution in [0.15, 0.2) is 35.4 Å². The number of benzene rings is 1. The molecule has 0 spiro atoms. The van der Waals surface area contributed by atoms with Crippen LogP contribution in [-0.2, 0) is 6.42 Å². The predicted molar refractivity (Wildman–Crippen MR) is 92.2 cm³/mol. The minimum Gasteiger partial charge on any atom is -0.497 e. The van der Waals surface area contributed by atoms with Gasteiger partial charge in [0.1, 0.15) is 5.75 Å². The zero-order chi connectivity index (χ0) is 16.5. The number of ether oxygens (including phenoxy) is 3. The van der Waals surface area contributed by atoms with Gasteiger partial charge >= 0.3 is 0 Å². The summed E-state index contributed by atoms with van der Waals surface area (Å²) in [5.74, 6) is 2.26. The molecule has 0 aliphatic carbocycles. The number of methoxy groups -OCH3 is 3. The van der Waals surface area contributed by atoms with Gasteiger partial charge in [-0.25, -0.2) is 0 Å². The smallest absolute Gasteiger partial charge is 0.164 e. The van der Waals surface area contributed by atoms with Crippen LogP contribution in [0.4, 0.5) is 0 Å². The molecule has 3 heteroatoms. The molecule has 0 saturated carbocycles. The molecule has 0 aliphatic rings. The number of hydrogen-bond acceptors (Lipinski definition) is 3. The fraction of sp³-hybridized carbons (Fsp3) is 0.474. The summed E-state index contributed by atoms with van der Waals surface area (Å²) in [4.78, 5) is 0. The summed E-state index contributed by atoms with van der Waals surface area (Å²) >= 11 is 0. The molecule has 1 rings (SSSR count). The summed E-state index contributed by atoms with van der Waals surface area (Å²) in [6.07, 6.45) is 7.48. The Morgan fingerprint density at radius 3 is 2.23 bits per heavy atom. The highest BCUT2D eigenvalue weighted by molar-refractivity contribution is 5.52. The highest BCUT2D eigenvalue weighted by atomic mass is 16.5. The Hall–Kier alpha value is -1.90. The van der Waals surface area contributed by atoms with Crippen LogP contribution in [0.5, 0.6) is 17.2 Å². The van der Waals surface area contributed by atoms with Gasteiger partial charge in [-0.15, -0.1) is 0 Å². The van der Waals surface area contributed by atoms with Gasteiger partial charge in [0.05, 0.1) is 21.3 Å². The molecule has 0 atom stereocenters. The third-order valence-electron chi connectivity index (χ3n) is 3.53. The number of hydrogen-bond donors (Lipinski definition) is 0. The summed E-state index contributed by atoms with van der Waals surface area (Å²) in [7, 11) is 4.96. The highest BCUT2D eigenvalue weighted by Gasteiger charge is 2.12. The SMILES string of the molecule is COc1cc(C/C=C(\C)CCC=C(C)C)c(OC)c(OC)c1. The molecule has 122 valence electrons. The van der Waals surface area contributed by atoms with Crippen LogP contribution in [0.3, 0.4) is 0 Å². The topological polar surface area (TPSA) is 27.7 Å². The maximum absolute atomic E-state index is 5.49. The first-order valence-electron chi connectivity index (χ1n) is 7.59. The van der Waals surface area contributed by atoms with Crippen LogP contribution in [0.2, 0.25) is 0 Å². The van der Waals surface area contributed by atoms with E-state index < -0.39 is 0 Å². The van der Waals surface area contributed by atoms with Crippen molar-refractivity contribution in [2.75, 3.05) is 21.3 Å². The summed E-state index contributed by atoms with van der Waals surface area (Å²) in [5, 5.41) is 0. The van der Waals surface area contributed by atoms with Crippen LogP contribution < -0.4 is 14.2 Å². The van der Waals surface area contributed by atoms with Crippen LogP contribution in [0, 0.1) is 0 Å². The van der Waals surface area contributed by atoms with Crippen molar-refractivity contribution in [2.24, 2.45) is 0 Å². The fourth-order valence-corrected chi connectivity index (χ4v) is 2.26. The molecule has 3 nitrogen and oxygen atoms in total. The highest BCUT2D eigenvalue weighted by Crippen LogP contribution is 2.36. The molecule has 0 aliphatic heterocycles. The average molecular weight is 304 g/mol. The van der Waals surface area contributed by atoms with E-state index in [0.717, 1.165) is 36.3 Å². The Morgan fingerprint density at radius 1 is 0.955 bits per heavy atom. The van der Waals surface area contributed by atoms with Crippen molar-refractivity contribution in [1.82, 2.24) is 0 Å². The van der Waals surface area contributed by atoms with E-state index in [9.17, 15) is 0 Å². The second-order valence-electron chi connectivity index (χ2n) is 5.60. The average Bonchev–Trinajstić information content (AvgIpc) is 2.51. The van der Waals surface area contributed by atoms with E-state index in [1.54, 1.807) is 21.3 Å². The van der Waals surface area contributed by atoms with Crippen molar-refractivity contribution >= 4 is 0 Å². The van der Waals surface area contributed by atoms with Crippen molar-refractivity contribution in [1.29, 1.82) is 0 Å². The molecule has 0 radical (unpaired) electrons. The monoisotopic (exact) mass is 304 g/mol. The third-order valence-corrected chi connectivity index (χ3v) is 3.53. The minimum atomic E-state index is 0.701. The lowest BCUT2D eigenvalue weighted by molar-refractivity contribution is 0.346. The molecule has 22 heavy (non-hydrogen) atoms.